The first kappa shape index (κ1) is 9.44. The van der Waals surface area contributed by atoms with Gasteiger partial charge in [0.05, 0.1) is 6.10 Å². The SMILES string of the molecule is OC1CCCNC1CN1CCCC1. The number of aliphatic hydroxyl groups excluding tert-OH is 1. The molecule has 0 radical (unpaired) electrons. The van der Waals surface area contributed by atoms with Crippen LogP contribution in [0.1, 0.15) is 25.7 Å². The molecule has 2 fully saturated rings. The fourth-order valence-electron chi connectivity index (χ4n) is 2.37. The standard InChI is InChI=1S/C10H20N2O/c13-10-4-3-5-11-9(10)8-12-6-1-2-7-12/h9-11,13H,1-8H2. The smallest absolute Gasteiger partial charge is 0.0706 e. The largest absolute Gasteiger partial charge is 0.391 e. The van der Waals surface area contributed by atoms with Gasteiger partial charge in [-0.3, -0.25) is 0 Å². The minimum atomic E-state index is -0.116. The van der Waals surface area contributed by atoms with Crippen molar-refractivity contribution in [3.05, 3.63) is 0 Å². The molecule has 3 nitrogen and oxygen atoms in total. The zero-order valence-corrected chi connectivity index (χ0v) is 8.21. The number of nitrogens with zero attached hydrogens (tertiary/aromatic N) is 1. The zero-order chi connectivity index (χ0) is 9.10. The molecule has 0 bridgehead atoms. The average Bonchev–Trinajstić information content (AvgIpc) is 2.61. The fraction of sp³-hybridized carbons (Fsp3) is 1.00. The molecule has 2 unspecified atom stereocenters. The Kier molecular flexibility index (Phi) is 3.19. The third-order valence-corrected chi connectivity index (χ3v) is 3.20. The van der Waals surface area contributed by atoms with Gasteiger partial charge in [-0.1, -0.05) is 0 Å². The van der Waals surface area contributed by atoms with Gasteiger partial charge in [0, 0.05) is 12.6 Å². The number of aliphatic hydroxyl groups is 1. The Hall–Kier alpha value is -0.120. The third-order valence-electron chi connectivity index (χ3n) is 3.20. The summed E-state index contributed by atoms with van der Waals surface area (Å²) in [6.45, 7) is 4.58. The molecule has 3 heteroatoms. The molecule has 0 aromatic heterocycles. The highest BCUT2D eigenvalue weighted by atomic mass is 16.3. The van der Waals surface area contributed by atoms with Crippen LogP contribution in [0.15, 0.2) is 0 Å². The molecule has 0 amide bonds. The lowest BCUT2D eigenvalue weighted by molar-refractivity contribution is 0.0788. The lowest BCUT2D eigenvalue weighted by Gasteiger charge is -2.32. The van der Waals surface area contributed by atoms with Crippen LogP contribution in [-0.4, -0.2) is 48.3 Å². The van der Waals surface area contributed by atoms with Gasteiger partial charge in [0.15, 0.2) is 0 Å². The van der Waals surface area contributed by atoms with Crippen LogP contribution in [0.2, 0.25) is 0 Å². The fourth-order valence-corrected chi connectivity index (χ4v) is 2.37. The van der Waals surface area contributed by atoms with Crippen LogP contribution in [0, 0.1) is 0 Å². The maximum absolute atomic E-state index is 9.74. The van der Waals surface area contributed by atoms with E-state index in [0.717, 1.165) is 25.9 Å². The Bertz CT molecular complexity index is 157. The quantitative estimate of drug-likeness (QED) is 0.643. The van der Waals surface area contributed by atoms with Crippen molar-refractivity contribution in [1.29, 1.82) is 0 Å². The zero-order valence-electron chi connectivity index (χ0n) is 8.21. The second-order valence-electron chi connectivity index (χ2n) is 4.28. The summed E-state index contributed by atoms with van der Waals surface area (Å²) < 4.78 is 0. The lowest BCUT2D eigenvalue weighted by atomic mass is 10.0. The molecule has 76 valence electrons. The van der Waals surface area contributed by atoms with E-state index < -0.39 is 0 Å². The predicted octanol–water partition coefficient (Wildman–Crippen LogP) is 0.195. The van der Waals surface area contributed by atoms with Crippen molar-refractivity contribution in [3.8, 4) is 0 Å². The van der Waals surface area contributed by atoms with Gasteiger partial charge in [0.25, 0.3) is 0 Å². The van der Waals surface area contributed by atoms with Gasteiger partial charge in [-0.15, -0.1) is 0 Å². The summed E-state index contributed by atoms with van der Waals surface area (Å²) in [5.74, 6) is 0. The van der Waals surface area contributed by atoms with Crippen molar-refractivity contribution in [2.75, 3.05) is 26.2 Å². The molecule has 0 aliphatic carbocycles. The van der Waals surface area contributed by atoms with Gasteiger partial charge in [0.1, 0.15) is 0 Å². The molecule has 0 aromatic rings. The molecular weight excluding hydrogens is 164 g/mol. The monoisotopic (exact) mass is 184 g/mol. The van der Waals surface area contributed by atoms with Gasteiger partial charge in [0.2, 0.25) is 0 Å². The van der Waals surface area contributed by atoms with E-state index in [-0.39, 0.29) is 6.10 Å². The van der Waals surface area contributed by atoms with E-state index in [0.29, 0.717) is 6.04 Å². The number of hydrogen-bond donors (Lipinski definition) is 2. The normalized spacial score (nSPS) is 36.7. The maximum atomic E-state index is 9.74. The molecule has 0 saturated carbocycles. The van der Waals surface area contributed by atoms with Gasteiger partial charge in [-0.25, -0.2) is 0 Å². The number of nitrogens with one attached hydrogen (secondary N) is 1. The molecule has 0 spiro atoms. The average molecular weight is 184 g/mol. The minimum Gasteiger partial charge on any atom is -0.391 e. The molecule has 2 aliphatic rings. The van der Waals surface area contributed by atoms with Gasteiger partial charge in [-0.2, -0.15) is 0 Å². The van der Waals surface area contributed by atoms with E-state index in [1.165, 1.54) is 25.9 Å². The molecule has 13 heavy (non-hydrogen) atoms. The van der Waals surface area contributed by atoms with E-state index in [4.69, 9.17) is 0 Å². The lowest BCUT2D eigenvalue weighted by Crippen LogP contribution is -2.50. The number of rotatable bonds is 2. The molecule has 2 saturated heterocycles. The van der Waals surface area contributed by atoms with E-state index >= 15 is 0 Å². The van der Waals surface area contributed by atoms with Crippen LogP contribution in [0.4, 0.5) is 0 Å². The molecule has 0 aromatic carbocycles. The van der Waals surface area contributed by atoms with E-state index in [1.54, 1.807) is 0 Å². The summed E-state index contributed by atoms with van der Waals surface area (Å²) in [5.41, 5.74) is 0. The summed E-state index contributed by atoms with van der Waals surface area (Å²) in [6.07, 6.45) is 4.66. The van der Waals surface area contributed by atoms with Crippen molar-refractivity contribution in [2.24, 2.45) is 0 Å². The Morgan fingerprint density at radius 1 is 1.23 bits per heavy atom. The van der Waals surface area contributed by atoms with Gasteiger partial charge < -0.3 is 15.3 Å². The highest BCUT2D eigenvalue weighted by molar-refractivity contribution is 4.84. The van der Waals surface area contributed by atoms with Crippen LogP contribution >= 0.6 is 0 Å². The molecule has 2 heterocycles. The summed E-state index contributed by atoms with van der Waals surface area (Å²) in [4.78, 5) is 2.46. The maximum Gasteiger partial charge on any atom is 0.0706 e. The van der Waals surface area contributed by atoms with Crippen LogP contribution in [-0.2, 0) is 0 Å². The van der Waals surface area contributed by atoms with Crippen molar-refractivity contribution in [3.63, 3.8) is 0 Å². The topological polar surface area (TPSA) is 35.5 Å². The Balaban J connectivity index is 1.78. The van der Waals surface area contributed by atoms with Crippen molar-refractivity contribution < 1.29 is 5.11 Å². The summed E-state index contributed by atoms with van der Waals surface area (Å²) in [6, 6.07) is 0.326. The second kappa shape index (κ2) is 4.40. The van der Waals surface area contributed by atoms with Crippen LogP contribution in [0.25, 0.3) is 0 Å². The van der Waals surface area contributed by atoms with Crippen molar-refractivity contribution >= 4 is 0 Å². The predicted molar refractivity (Wildman–Crippen MR) is 52.7 cm³/mol. The van der Waals surface area contributed by atoms with E-state index in [9.17, 15) is 5.11 Å². The number of hydrogen-bond acceptors (Lipinski definition) is 3. The Labute approximate surface area is 80.1 Å². The molecule has 2 aliphatic heterocycles. The molecule has 2 N–H and O–H groups in total. The first-order chi connectivity index (χ1) is 6.36. The van der Waals surface area contributed by atoms with Gasteiger partial charge in [-0.05, 0) is 45.3 Å². The molecular formula is C10H20N2O. The van der Waals surface area contributed by atoms with Crippen molar-refractivity contribution in [1.82, 2.24) is 10.2 Å². The Morgan fingerprint density at radius 3 is 2.69 bits per heavy atom. The van der Waals surface area contributed by atoms with Gasteiger partial charge >= 0.3 is 0 Å². The first-order valence-corrected chi connectivity index (χ1v) is 5.50. The summed E-state index contributed by atoms with van der Waals surface area (Å²) >= 11 is 0. The Morgan fingerprint density at radius 2 is 2.00 bits per heavy atom. The minimum absolute atomic E-state index is 0.116. The van der Waals surface area contributed by atoms with E-state index in [1.807, 2.05) is 0 Å². The highest BCUT2D eigenvalue weighted by Crippen LogP contribution is 2.13. The third kappa shape index (κ3) is 2.42. The van der Waals surface area contributed by atoms with Crippen molar-refractivity contribution in [2.45, 2.75) is 37.8 Å². The van der Waals surface area contributed by atoms with Crippen LogP contribution in [0.3, 0.4) is 0 Å². The van der Waals surface area contributed by atoms with E-state index in [2.05, 4.69) is 10.2 Å². The number of likely N-dealkylation sites (tertiary alicyclic amines) is 1. The molecule has 2 rings (SSSR count). The number of piperidine rings is 1. The highest BCUT2D eigenvalue weighted by Gasteiger charge is 2.25. The second-order valence-corrected chi connectivity index (χ2v) is 4.28. The first-order valence-electron chi connectivity index (χ1n) is 5.50. The van der Waals surface area contributed by atoms with Crippen LogP contribution < -0.4 is 5.32 Å². The summed E-state index contributed by atoms with van der Waals surface area (Å²) in [5, 5.41) is 13.1. The molecule has 2 atom stereocenters. The van der Waals surface area contributed by atoms with Crippen LogP contribution in [0.5, 0.6) is 0 Å². The summed E-state index contributed by atoms with van der Waals surface area (Å²) in [7, 11) is 0.